The van der Waals surface area contributed by atoms with Gasteiger partial charge < -0.3 is 19.9 Å². The van der Waals surface area contributed by atoms with Gasteiger partial charge in [0, 0.05) is 24.2 Å². The molecule has 1 heterocycles. The van der Waals surface area contributed by atoms with Crippen LogP contribution in [0.4, 0.5) is 5.69 Å². The van der Waals surface area contributed by atoms with Gasteiger partial charge in [-0.15, -0.1) is 0 Å². The van der Waals surface area contributed by atoms with Crippen LogP contribution in [0.1, 0.15) is 12.5 Å². The lowest BCUT2D eigenvalue weighted by Crippen LogP contribution is -2.01. The van der Waals surface area contributed by atoms with E-state index >= 15 is 0 Å². The molecule has 0 amide bonds. The number of anilines is 1. The summed E-state index contributed by atoms with van der Waals surface area (Å²) in [6, 6.07) is 8.92. The van der Waals surface area contributed by atoms with E-state index in [1.54, 1.807) is 25.4 Å². The molecular formula is C15H18N2O3. The normalized spacial score (nSPS) is 10.1. The summed E-state index contributed by atoms with van der Waals surface area (Å²) < 4.78 is 10.3. The Bertz CT molecular complexity index is 556. The zero-order valence-electron chi connectivity index (χ0n) is 11.6. The van der Waals surface area contributed by atoms with Gasteiger partial charge in [-0.3, -0.25) is 0 Å². The number of hydrogen-bond donors (Lipinski definition) is 2. The molecule has 0 aliphatic rings. The molecule has 5 nitrogen and oxygen atoms in total. The maximum absolute atomic E-state index is 9.86. The van der Waals surface area contributed by atoms with Crippen molar-refractivity contribution in [3.05, 3.63) is 42.1 Å². The number of benzene rings is 1. The number of hydrogen-bond acceptors (Lipinski definition) is 5. The Morgan fingerprint density at radius 1 is 1.25 bits per heavy atom. The Balaban J connectivity index is 1.97. The van der Waals surface area contributed by atoms with Gasteiger partial charge in [-0.1, -0.05) is 0 Å². The molecule has 0 aliphatic heterocycles. The van der Waals surface area contributed by atoms with E-state index in [0.29, 0.717) is 24.8 Å². The van der Waals surface area contributed by atoms with Gasteiger partial charge in [-0.05, 0) is 25.1 Å². The number of aromatic nitrogens is 1. The quantitative estimate of drug-likeness (QED) is 0.848. The number of rotatable bonds is 6. The van der Waals surface area contributed by atoms with E-state index in [9.17, 15) is 5.11 Å². The molecule has 0 aliphatic carbocycles. The second-order valence-electron chi connectivity index (χ2n) is 4.17. The molecule has 0 saturated heterocycles. The molecule has 5 heteroatoms. The van der Waals surface area contributed by atoms with Crippen molar-refractivity contribution in [2.45, 2.75) is 13.5 Å². The second-order valence-corrected chi connectivity index (χ2v) is 4.17. The Morgan fingerprint density at radius 2 is 2.10 bits per heavy atom. The Morgan fingerprint density at radius 3 is 2.70 bits per heavy atom. The molecule has 0 saturated carbocycles. The van der Waals surface area contributed by atoms with Crippen LogP contribution in [0.3, 0.4) is 0 Å². The zero-order valence-corrected chi connectivity index (χ0v) is 11.6. The van der Waals surface area contributed by atoms with Crippen molar-refractivity contribution in [2.24, 2.45) is 0 Å². The molecule has 0 bridgehead atoms. The van der Waals surface area contributed by atoms with Gasteiger partial charge in [0.15, 0.2) is 0 Å². The lowest BCUT2D eigenvalue weighted by Gasteiger charge is -2.09. The second kappa shape index (κ2) is 6.65. The zero-order chi connectivity index (χ0) is 14.4. The van der Waals surface area contributed by atoms with Gasteiger partial charge in [0.05, 0.1) is 25.6 Å². The molecule has 0 spiro atoms. The molecule has 20 heavy (non-hydrogen) atoms. The maximum Gasteiger partial charge on any atom is 0.213 e. The summed E-state index contributed by atoms with van der Waals surface area (Å²) in [5.41, 5.74) is 1.66. The minimum atomic E-state index is 0.204. The number of aromatic hydroxyl groups is 1. The Kier molecular flexibility index (Phi) is 4.65. The van der Waals surface area contributed by atoms with Crippen LogP contribution >= 0.6 is 0 Å². The summed E-state index contributed by atoms with van der Waals surface area (Å²) in [7, 11) is 1.57. The highest BCUT2D eigenvalue weighted by Gasteiger charge is 2.03. The first-order valence-electron chi connectivity index (χ1n) is 6.41. The number of phenolic OH excluding ortho intramolecular Hbond substituents is 1. The maximum atomic E-state index is 9.86. The van der Waals surface area contributed by atoms with E-state index in [1.165, 1.54) is 0 Å². The van der Waals surface area contributed by atoms with Crippen LogP contribution < -0.4 is 14.8 Å². The fraction of sp³-hybridized carbons (Fsp3) is 0.267. The van der Waals surface area contributed by atoms with Crippen molar-refractivity contribution >= 4 is 5.69 Å². The van der Waals surface area contributed by atoms with Crippen LogP contribution in [0.5, 0.6) is 17.4 Å². The third kappa shape index (κ3) is 3.54. The van der Waals surface area contributed by atoms with Crippen molar-refractivity contribution in [2.75, 3.05) is 19.0 Å². The number of ether oxygens (including phenoxy) is 2. The summed E-state index contributed by atoms with van der Waals surface area (Å²) in [5, 5.41) is 13.0. The van der Waals surface area contributed by atoms with Crippen molar-refractivity contribution in [3.63, 3.8) is 0 Å². The highest BCUT2D eigenvalue weighted by atomic mass is 16.5. The van der Waals surface area contributed by atoms with E-state index in [-0.39, 0.29) is 5.75 Å². The van der Waals surface area contributed by atoms with E-state index in [1.807, 2.05) is 25.1 Å². The predicted molar refractivity (Wildman–Crippen MR) is 77.4 cm³/mol. The van der Waals surface area contributed by atoms with Crippen LogP contribution in [0, 0.1) is 0 Å². The van der Waals surface area contributed by atoms with E-state index in [4.69, 9.17) is 9.47 Å². The fourth-order valence-electron chi connectivity index (χ4n) is 1.74. The smallest absolute Gasteiger partial charge is 0.213 e. The van der Waals surface area contributed by atoms with Gasteiger partial charge in [0.1, 0.15) is 11.5 Å². The highest BCUT2D eigenvalue weighted by Crippen LogP contribution is 2.24. The Labute approximate surface area is 118 Å². The van der Waals surface area contributed by atoms with Crippen molar-refractivity contribution < 1.29 is 14.6 Å². The third-order valence-electron chi connectivity index (χ3n) is 2.80. The number of nitrogens with zero attached hydrogens (tertiary/aromatic N) is 1. The van der Waals surface area contributed by atoms with Crippen molar-refractivity contribution in [1.29, 1.82) is 0 Å². The molecule has 2 aromatic rings. The van der Waals surface area contributed by atoms with E-state index in [2.05, 4.69) is 10.3 Å². The van der Waals surface area contributed by atoms with Crippen LogP contribution in [-0.2, 0) is 6.54 Å². The minimum absolute atomic E-state index is 0.204. The summed E-state index contributed by atoms with van der Waals surface area (Å²) in [6.45, 7) is 3.02. The van der Waals surface area contributed by atoms with Gasteiger partial charge in [0.2, 0.25) is 5.88 Å². The van der Waals surface area contributed by atoms with Crippen LogP contribution in [0.2, 0.25) is 0 Å². The monoisotopic (exact) mass is 274 g/mol. The van der Waals surface area contributed by atoms with Crippen LogP contribution in [-0.4, -0.2) is 23.8 Å². The first-order chi connectivity index (χ1) is 9.72. The third-order valence-corrected chi connectivity index (χ3v) is 2.80. The lowest BCUT2D eigenvalue weighted by molar-refractivity contribution is 0.327. The molecule has 0 atom stereocenters. The highest BCUT2D eigenvalue weighted by molar-refractivity contribution is 5.46. The molecule has 2 rings (SSSR count). The molecule has 1 aromatic heterocycles. The van der Waals surface area contributed by atoms with Gasteiger partial charge in [0.25, 0.3) is 0 Å². The van der Waals surface area contributed by atoms with Gasteiger partial charge in [-0.25, -0.2) is 4.98 Å². The molecule has 0 unspecified atom stereocenters. The summed E-state index contributed by atoms with van der Waals surface area (Å²) in [4.78, 5) is 4.16. The standard InChI is InChI=1S/C15H18N2O3/c1-3-20-15-7-5-12(10-17-15)16-9-11-4-6-13(19-2)8-14(11)18/h4-8,10,16,18H,3,9H2,1-2H3. The number of phenols is 1. The van der Waals surface area contributed by atoms with E-state index in [0.717, 1.165) is 11.3 Å². The summed E-state index contributed by atoms with van der Waals surface area (Å²) in [6.07, 6.45) is 1.70. The molecule has 2 N–H and O–H groups in total. The molecular weight excluding hydrogens is 256 g/mol. The topological polar surface area (TPSA) is 63.6 Å². The lowest BCUT2D eigenvalue weighted by atomic mass is 10.2. The molecule has 0 fully saturated rings. The van der Waals surface area contributed by atoms with Gasteiger partial charge in [-0.2, -0.15) is 0 Å². The first kappa shape index (κ1) is 14.0. The average Bonchev–Trinajstić information content (AvgIpc) is 2.48. The minimum Gasteiger partial charge on any atom is -0.507 e. The SMILES string of the molecule is CCOc1ccc(NCc2ccc(OC)cc2O)cn1. The fourth-order valence-corrected chi connectivity index (χ4v) is 1.74. The van der Waals surface area contributed by atoms with Gasteiger partial charge >= 0.3 is 0 Å². The first-order valence-corrected chi connectivity index (χ1v) is 6.41. The van der Waals surface area contributed by atoms with E-state index < -0.39 is 0 Å². The average molecular weight is 274 g/mol. The van der Waals surface area contributed by atoms with Crippen LogP contribution in [0.25, 0.3) is 0 Å². The molecule has 0 radical (unpaired) electrons. The number of methoxy groups -OCH3 is 1. The molecule has 106 valence electrons. The predicted octanol–water partition coefficient (Wildman–Crippen LogP) is 2.81. The number of pyridine rings is 1. The summed E-state index contributed by atoms with van der Waals surface area (Å²) >= 11 is 0. The van der Waals surface area contributed by atoms with Crippen LogP contribution in [0.15, 0.2) is 36.5 Å². The van der Waals surface area contributed by atoms with Crippen molar-refractivity contribution in [1.82, 2.24) is 4.98 Å². The molecule has 1 aromatic carbocycles. The number of nitrogens with one attached hydrogen (secondary N) is 1. The Hall–Kier alpha value is -2.43. The van der Waals surface area contributed by atoms with Crippen molar-refractivity contribution in [3.8, 4) is 17.4 Å². The largest absolute Gasteiger partial charge is 0.507 e. The summed E-state index contributed by atoms with van der Waals surface area (Å²) in [5.74, 6) is 1.44.